The van der Waals surface area contributed by atoms with E-state index in [0.717, 1.165) is 43.1 Å². The van der Waals surface area contributed by atoms with Crippen LogP contribution in [0, 0.1) is 0 Å². The molecule has 4 aromatic carbocycles. The average molecular weight is 523 g/mol. The Morgan fingerprint density at radius 1 is 0.590 bits per heavy atom. The minimum absolute atomic E-state index is 0.254. The molecule has 0 saturated heterocycles. The molecular weight excluding hydrogens is 504 g/mol. The molecule has 0 spiro atoms. The van der Waals surface area contributed by atoms with E-state index in [1.54, 1.807) is 6.20 Å². The first-order chi connectivity index (χ1) is 19.2. The number of thiazole rings is 1. The Hall–Kier alpha value is -5.21. The highest BCUT2D eigenvalue weighted by molar-refractivity contribution is 7.23. The Morgan fingerprint density at radius 2 is 1.26 bits per heavy atom. The highest BCUT2D eigenvalue weighted by Crippen LogP contribution is 2.38. The zero-order valence-electron chi connectivity index (χ0n) is 20.4. The molecule has 0 bridgehead atoms. The van der Waals surface area contributed by atoms with Crippen molar-refractivity contribution < 1.29 is 0 Å². The number of hydrogen-bond donors (Lipinski definition) is 0. The highest BCUT2D eigenvalue weighted by atomic mass is 32.1. The number of fused-ring (bicyclic) bond motifs is 7. The lowest BCUT2D eigenvalue weighted by Gasteiger charge is -2.11. The van der Waals surface area contributed by atoms with Crippen LogP contribution in [0.5, 0.6) is 0 Å². The lowest BCUT2D eigenvalue weighted by Crippen LogP contribution is -2.07. The van der Waals surface area contributed by atoms with Gasteiger partial charge in [-0.05, 0) is 12.1 Å². The predicted molar refractivity (Wildman–Crippen MR) is 155 cm³/mol. The molecular formula is C31H18N6OS. The van der Waals surface area contributed by atoms with Crippen molar-refractivity contribution in [1.29, 1.82) is 0 Å². The van der Waals surface area contributed by atoms with Gasteiger partial charge in [0.25, 0.3) is 5.56 Å². The summed E-state index contributed by atoms with van der Waals surface area (Å²) in [6.07, 6.45) is 1.79. The summed E-state index contributed by atoms with van der Waals surface area (Å²) in [5.74, 6) is 1.71. The third-order valence-electron chi connectivity index (χ3n) is 6.88. The molecule has 0 unspecified atom stereocenters. The molecule has 4 heterocycles. The van der Waals surface area contributed by atoms with E-state index in [9.17, 15) is 4.79 Å². The molecule has 0 saturated carbocycles. The van der Waals surface area contributed by atoms with Gasteiger partial charge in [-0.2, -0.15) is 15.0 Å². The van der Waals surface area contributed by atoms with Crippen LogP contribution in [0.4, 0.5) is 0 Å². The lowest BCUT2D eigenvalue weighted by atomic mass is 10.1. The molecule has 184 valence electrons. The van der Waals surface area contributed by atoms with Gasteiger partial charge in [0.2, 0.25) is 5.95 Å². The van der Waals surface area contributed by atoms with Gasteiger partial charge in [-0.3, -0.25) is 13.8 Å². The minimum Gasteiger partial charge on any atom is -0.289 e. The van der Waals surface area contributed by atoms with Gasteiger partial charge in [0, 0.05) is 34.2 Å². The van der Waals surface area contributed by atoms with Gasteiger partial charge in [-0.15, -0.1) is 0 Å². The molecule has 7 nitrogen and oxygen atoms in total. The summed E-state index contributed by atoms with van der Waals surface area (Å²) in [4.78, 5) is 31.9. The Balaban J connectivity index is 1.54. The normalized spacial score (nSPS) is 11.7. The Labute approximate surface area is 225 Å². The summed E-state index contributed by atoms with van der Waals surface area (Å²) >= 11 is 1.49. The molecule has 0 N–H and O–H groups in total. The van der Waals surface area contributed by atoms with E-state index in [1.807, 2.05) is 77.2 Å². The van der Waals surface area contributed by atoms with E-state index in [0.29, 0.717) is 22.6 Å². The van der Waals surface area contributed by atoms with Gasteiger partial charge < -0.3 is 0 Å². The quantitative estimate of drug-likeness (QED) is 0.264. The van der Waals surface area contributed by atoms with Crippen LogP contribution in [0.3, 0.4) is 0 Å². The summed E-state index contributed by atoms with van der Waals surface area (Å²) < 4.78 is 5.11. The summed E-state index contributed by atoms with van der Waals surface area (Å²) in [6, 6.07) is 33.9. The molecule has 4 aromatic heterocycles. The number of nitrogens with zero attached hydrogens (tertiary/aromatic N) is 6. The first kappa shape index (κ1) is 21.8. The van der Waals surface area contributed by atoms with Crippen LogP contribution >= 0.6 is 11.3 Å². The Bertz CT molecular complexity index is 2190. The van der Waals surface area contributed by atoms with Gasteiger partial charge in [0.05, 0.1) is 21.3 Å². The number of hydrogen-bond acceptors (Lipinski definition) is 6. The molecule has 8 heteroatoms. The van der Waals surface area contributed by atoms with Crippen LogP contribution in [-0.2, 0) is 0 Å². The molecule has 0 amide bonds. The Kier molecular flexibility index (Phi) is 4.71. The van der Waals surface area contributed by atoms with Crippen molar-refractivity contribution in [2.24, 2.45) is 0 Å². The van der Waals surface area contributed by atoms with E-state index in [-0.39, 0.29) is 5.56 Å². The average Bonchev–Trinajstić information content (AvgIpc) is 3.53. The van der Waals surface area contributed by atoms with Gasteiger partial charge in [0.15, 0.2) is 16.6 Å². The highest BCUT2D eigenvalue weighted by Gasteiger charge is 2.21. The van der Waals surface area contributed by atoms with Crippen molar-refractivity contribution in [1.82, 2.24) is 28.9 Å². The van der Waals surface area contributed by atoms with E-state index < -0.39 is 0 Å². The smallest absolute Gasteiger partial charge is 0.273 e. The molecule has 8 aromatic rings. The molecule has 0 radical (unpaired) electrons. The topological polar surface area (TPSA) is 78.0 Å². The van der Waals surface area contributed by atoms with E-state index in [2.05, 4.69) is 33.8 Å². The van der Waals surface area contributed by atoms with Crippen LogP contribution in [0.25, 0.3) is 65.7 Å². The van der Waals surface area contributed by atoms with Crippen LogP contribution in [-0.4, -0.2) is 28.9 Å². The van der Waals surface area contributed by atoms with E-state index in [4.69, 9.17) is 15.0 Å². The largest absolute Gasteiger partial charge is 0.289 e. The van der Waals surface area contributed by atoms with E-state index >= 15 is 0 Å². The Morgan fingerprint density at radius 3 is 1.97 bits per heavy atom. The van der Waals surface area contributed by atoms with Crippen molar-refractivity contribution in [3.8, 4) is 28.7 Å². The van der Waals surface area contributed by atoms with Gasteiger partial charge in [-0.1, -0.05) is 96.3 Å². The maximum Gasteiger partial charge on any atom is 0.273 e. The first-order valence-corrected chi connectivity index (χ1v) is 13.3. The third-order valence-corrected chi connectivity index (χ3v) is 7.90. The number of aromatic nitrogens is 6. The maximum absolute atomic E-state index is 12.0. The van der Waals surface area contributed by atoms with Crippen LogP contribution in [0.15, 0.2) is 114 Å². The molecule has 39 heavy (non-hydrogen) atoms. The van der Waals surface area contributed by atoms with Crippen molar-refractivity contribution in [3.63, 3.8) is 0 Å². The number of benzene rings is 4. The van der Waals surface area contributed by atoms with Crippen LogP contribution < -0.4 is 5.56 Å². The second kappa shape index (κ2) is 8.41. The monoisotopic (exact) mass is 522 g/mol. The first-order valence-electron chi connectivity index (χ1n) is 12.5. The van der Waals surface area contributed by atoms with Crippen molar-refractivity contribution in [2.45, 2.75) is 0 Å². The van der Waals surface area contributed by atoms with Crippen LogP contribution in [0.1, 0.15) is 0 Å². The summed E-state index contributed by atoms with van der Waals surface area (Å²) in [5, 5.41) is 2.16. The standard InChI is InChI=1S/C31H18N6OS/c38-25-17-18-36-27-24(39-31(36)32-25)16-15-22-21-13-7-8-14-23(21)37(26(22)27)30-34-28(19-9-3-1-4-10-19)33-29(35-30)20-11-5-2-6-12-20/h1-18H. The fourth-order valence-electron chi connectivity index (χ4n) is 5.17. The molecule has 0 aliphatic rings. The fraction of sp³-hybridized carbons (Fsp3) is 0. The molecule has 0 aliphatic heterocycles. The molecule has 8 rings (SSSR count). The van der Waals surface area contributed by atoms with Crippen molar-refractivity contribution in [3.05, 3.63) is 120 Å². The SMILES string of the molecule is O=c1ccn2c(n1)sc1ccc3c4ccccc4n(-c4nc(-c5ccccc5)nc(-c5ccccc5)n4)c3c12. The van der Waals surface area contributed by atoms with Gasteiger partial charge in [-0.25, -0.2) is 4.98 Å². The lowest BCUT2D eigenvalue weighted by molar-refractivity contribution is 0.953. The summed E-state index contributed by atoms with van der Waals surface area (Å²) in [6.45, 7) is 0. The van der Waals surface area contributed by atoms with Crippen molar-refractivity contribution in [2.75, 3.05) is 0 Å². The number of para-hydroxylation sites is 1. The second-order valence-corrected chi connectivity index (χ2v) is 10.2. The summed E-state index contributed by atoms with van der Waals surface area (Å²) in [7, 11) is 0. The third kappa shape index (κ3) is 3.39. The zero-order chi connectivity index (χ0) is 25.9. The van der Waals surface area contributed by atoms with Gasteiger partial charge >= 0.3 is 0 Å². The molecule has 0 atom stereocenters. The molecule has 0 fully saturated rings. The fourth-order valence-corrected chi connectivity index (χ4v) is 6.18. The maximum atomic E-state index is 12.0. The van der Waals surface area contributed by atoms with Crippen LogP contribution in [0.2, 0.25) is 0 Å². The van der Waals surface area contributed by atoms with Gasteiger partial charge in [0.1, 0.15) is 0 Å². The molecule has 0 aliphatic carbocycles. The zero-order valence-corrected chi connectivity index (χ0v) is 21.2. The second-order valence-electron chi connectivity index (χ2n) is 9.20. The summed E-state index contributed by atoms with van der Waals surface area (Å²) in [5.41, 5.74) is 4.46. The van der Waals surface area contributed by atoms with Crippen molar-refractivity contribution >= 4 is 48.3 Å². The van der Waals surface area contributed by atoms with E-state index in [1.165, 1.54) is 17.4 Å². The minimum atomic E-state index is -0.254. The predicted octanol–water partition coefficient (Wildman–Crippen LogP) is 6.53. The number of rotatable bonds is 3.